The van der Waals surface area contributed by atoms with Gasteiger partial charge in [-0.15, -0.1) is 11.3 Å². The Hall–Kier alpha value is -4.21. The summed E-state index contributed by atoms with van der Waals surface area (Å²) in [6.07, 6.45) is 1.82. The Balaban J connectivity index is 1.91. The Morgan fingerprint density at radius 2 is 1.69 bits per heavy atom. The molecule has 0 saturated carbocycles. The fraction of sp³-hybridized carbons (Fsp3) is 0.138. The van der Waals surface area contributed by atoms with E-state index in [-0.39, 0.29) is 17.2 Å². The van der Waals surface area contributed by atoms with Crippen molar-refractivity contribution in [2.75, 3.05) is 0 Å². The Morgan fingerprint density at radius 1 is 1.03 bits per heavy atom. The topological polar surface area (TPSA) is 74.9 Å². The number of aromatic nitrogens is 1. The van der Waals surface area contributed by atoms with Gasteiger partial charge in [-0.05, 0) is 55.7 Å². The normalized spacial score (nSPS) is 13.1. The van der Waals surface area contributed by atoms with E-state index in [0.717, 1.165) is 33.6 Å². The fourth-order valence-corrected chi connectivity index (χ4v) is 4.97. The molecule has 1 amide bonds. The number of benzene rings is 3. The van der Waals surface area contributed by atoms with E-state index in [4.69, 9.17) is 0 Å². The molecule has 0 aliphatic carbocycles. The van der Waals surface area contributed by atoms with Crippen molar-refractivity contribution in [1.82, 2.24) is 9.88 Å². The van der Waals surface area contributed by atoms with Gasteiger partial charge in [0, 0.05) is 0 Å². The molecule has 1 atom stereocenters. The molecule has 0 spiro atoms. The number of nitrogens with one attached hydrogen (secondary N) is 1. The minimum Gasteiger partial charge on any atom is -0.345 e. The van der Waals surface area contributed by atoms with E-state index in [9.17, 15) is 14.9 Å². The number of nitriles is 1. The summed E-state index contributed by atoms with van der Waals surface area (Å²) in [6.45, 7) is 5.88. The van der Waals surface area contributed by atoms with E-state index >= 15 is 0 Å². The van der Waals surface area contributed by atoms with Gasteiger partial charge in [-0.25, -0.2) is 0 Å². The summed E-state index contributed by atoms with van der Waals surface area (Å²) >= 11 is 1.15. The SMILES string of the molecule is Cc1ccc(/C=c2/s/c(=C(\C#N)C(=O)N[C@H](C)c3ccccc3)n(-c3ccccc3)c2=O)c(C)c1. The number of thiazole rings is 1. The lowest BCUT2D eigenvalue weighted by Crippen LogP contribution is -2.34. The second-order valence-corrected chi connectivity index (χ2v) is 9.38. The first-order chi connectivity index (χ1) is 16.9. The molecule has 174 valence electrons. The molecule has 0 radical (unpaired) electrons. The zero-order valence-corrected chi connectivity index (χ0v) is 20.6. The van der Waals surface area contributed by atoms with Crippen molar-refractivity contribution in [1.29, 1.82) is 5.26 Å². The predicted molar refractivity (Wildman–Crippen MR) is 141 cm³/mol. The molecule has 4 aromatic rings. The number of carbonyl (C=O) groups is 1. The Kier molecular flexibility index (Phi) is 7.09. The van der Waals surface area contributed by atoms with Crippen LogP contribution in [0.5, 0.6) is 0 Å². The Bertz CT molecular complexity index is 1590. The Morgan fingerprint density at radius 3 is 2.31 bits per heavy atom. The second kappa shape index (κ2) is 10.4. The molecule has 4 rings (SSSR count). The second-order valence-electron chi connectivity index (χ2n) is 8.34. The molecule has 0 saturated heterocycles. The first kappa shape index (κ1) is 23.9. The molecule has 6 heteroatoms. The molecule has 35 heavy (non-hydrogen) atoms. The summed E-state index contributed by atoms with van der Waals surface area (Å²) in [4.78, 5) is 26.8. The van der Waals surface area contributed by atoms with Gasteiger partial charge in [0.2, 0.25) is 0 Å². The van der Waals surface area contributed by atoms with Crippen LogP contribution in [0.3, 0.4) is 0 Å². The highest BCUT2D eigenvalue weighted by Crippen LogP contribution is 2.13. The lowest BCUT2D eigenvalue weighted by molar-refractivity contribution is -0.116. The van der Waals surface area contributed by atoms with Crippen molar-refractivity contribution in [3.63, 3.8) is 0 Å². The van der Waals surface area contributed by atoms with Crippen molar-refractivity contribution in [2.24, 2.45) is 0 Å². The molecule has 5 nitrogen and oxygen atoms in total. The minimum atomic E-state index is -0.521. The molecule has 1 aromatic heterocycles. The van der Waals surface area contributed by atoms with Crippen molar-refractivity contribution < 1.29 is 4.79 Å². The monoisotopic (exact) mass is 479 g/mol. The first-order valence-corrected chi connectivity index (χ1v) is 12.1. The van der Waals surface area contributed by atoms with Crippen LogP contribution >= 0.6 is 11.3 Å². The number of carbonyl (C=O) groups excluding carboxylic acids is 1. The molecule has 0 aliphatic heterocycles. The largest absolute Gasteiger partial charge is 0.345 e. The summed E-state index contributed by atoms with van der Waals surface area (Å²) in [5.74, 6) is -0.521. The van der Waals surface area contributed by atoms with Gasteiger partial charge < -0.3 is 5.32 Å². The van der Waals surface area contributed by atoms with Crippen LogP contribution in [0.1, 0.15) is 35.2 Å². The van der Waals surface area contributed by atoms with Gasteiger partial charge in [0.05, 0.1) is 16.3 Å². The van der Waals surface area contributed by atoms with Gasteiger partial charge in [0.25, 0.3) is 11.5 Å². The minimum absolute atomic E-state index is 0.0981. The number of rotatable bonds is 5. The lowest BCUT2D eigenvalue weighted by Gasteiger charge is -2.13. The zero-order valence-electron chi connectivity index (χ0n) is 19.8. The van der Waals surface area contributed by atoms with Gasteiger partial charge in [-0.2, -0.15) is 5.26 Å². The van der Waals surface area contributed by atoms with Crippen molar-refractivity contribution in [2.45, 2.75) is 26.8 Å². The van der Waals surface area contributed by atoms with Crippen molar-refractivity contribution in [3.05, 3.63) is 121 Å². The van der Waals surface area contributed by atoms with Crippen LogP contribution in [-0.4, -0.2) is 10.5 Å². The average Bonchev–Trinajstić information content (AvgIpc) is 3.17. The van der Waals surface area contributed by atoms with E-state index in [1.807, 2.05) is 93.6 Å². The number of para-hydroxylation sites is 1. The number of nitrogens with zero attached hydrogens (tertiary/aromatic N) is 2. The predicted octanol–water partition coefficient (Wildman–Crippen LogP) is 3.90. The van der Waals surface area contributed by atoms with Crippen LogP contribution in [-0.2, 0) is 4.79 Å². The highest BCUT2D eigenvalue weighted by atomic mass is 32.1. The van der Waals surface area contributed by atoms with Crippen LogP contribution in [0, 0.1) is 25.2 Å². The highest BCUT2D eigenvalue weighted by Gasteiger charge is 2.19. The lowest BCUT2D eigenvalue weighted by atomic mass is 10.1. The third-order valence-corrected chi connectivity index (χ3v) is 6.84. The standard InChI is InChI=1S/C29H25N3O2S/c1-19-14-15-23(20(2)16-19)17-26-28(34)32(24-12-8-5-9-13-24)29(35-26)25(18-30)27(33)31-21(3)22-10-6-4-7-11-22/h4-17,21H,1-3H3,(H,31,33)/b26-17+,29-25+/t21-/m1/s1. The molecule has 0 fully saturated rings. The number of amides is 1. The molecule has 0 unspecified atom stereocenters. The average molecular weight is 480 g/mol. The number of hydrogen-bond donors (Lipinski definition) is 1. The highest BCUT2D eigenvalue weighted by molar-refractivity contribution is 7.07. The molecule has 0 aliphatic rings. The first-order valence-electron chi connectivity index (χ1n) is 11.3. The van der Waals surface area contributed by atoms with E-state index in [0.29, 0.717) is 14.9 Å². The quantitative estimate of drug-likeness (QED) is 0.472. The van der Waals surface area contributed by atoms with Crippen LogP contribution < -0.4 is 20.1 Å². The molecule has 3 aromatic carbocycles. The van der Waals surface area contributed by atoms with Gasteiger partial charge in [-0.1, -0.05) is 72.3 Å². The van der Waals surface area contributed by atoms with Gasteiger partial charge in [0.15, 0.2) is 5.57 Å². The van der Waals surface area contributed by atoms with E-state index < -0.39 is 5.91 Å². The summed E-state index contributed by atoms with van der Waals surface area (Å²) in [6, 6.07) is 26.4. The summed E-state index contributed by atoms with van der Waals surface area (Å²) in [5, 5.41) is 12.9. The van der Waals surface area contributed by atoms with Gasteiger partial charge >= 0.3 is 0 Å². The maximum atomic E-state index is 13.5. The van der Waals surface area contributed by atoms with Crippen LogP contribution in [0.4, 0.5) is 0 Å². The van der Waals surface area contributed by atoms with Crippen LogP contribution in [0.15, 0.2) is 83.7 Å². The molecule has 0 bridgehead atoms. The summed E-state index contributed by atoms with van der Waals surface area (Å²) < 4.78 is 2.20. The summed E-state index contributed by atoms with van der Waals surface area (Å²) in [5.41, 5.74) is 4.25. The number of aryl methyl sites for hydroxylation is 2. The van der Waals surface area contributed by atoms with E-state index in [2.05, 4.69) is 11.4 Å². The van der Waals surface area contributed by atoms with Crippen molar-refractivity contribution >= 4 is 28.9 Å². The zero-order chi connectivity index (χ0) is 24.9. The van der Waals surface area contributed by atoms with Crippen LogP contribution in [0.2, 0.25) is 0 Å². The maximum absolute atomic E-state index is 13.5. The van der Waals surface area contributed by atoms with E-state index in [1.54, 1.807) is 12.1 Å². The molecule has 1 N–H and O–H groups in total. The van der Waals surface area contributed by atoms with Gasteiger partial charge in [0.1, 0.15) is 10.7 Å². The van der Waals surface area contributed by atoms with Crippen molar-refractivity contribution in [3.8, 4) is 11.8 Å². The molecule has 1 heterocycles. The maximum Gasteiger partial charge on any atom is 0.273 e. The fourth-order valence-electron chi connectivity index (χ4n) is 3.88. The molecular formula is C29H25N3O2S. The number of hydrogen-bond acceptors (Lipinski definition) is 4. The summed E-state index contributed by atoms with van der Waals surface area (Å²) in [7, 11) is 0. The van der Waals surface area contributed by atoms with Gasteiger partial charge in [-0.3, -0.25) is 14.2 Å². The third-order valence-electron chi connectivity index (χ3n) is 5.75. The third kappa shape index (κ3) is 5.16. The van der Waals surface area contributed by atoms with E-state index in [1.165, 1.54) is 4.57 Å². The van der Waals surface area contributed by atoms with Crippen LogP contribution in [0.25, 0.3) is 17.3 Å². The smallest absolute Gasteiger partial charge is 0.273 e. The Labute approximate surface area is 207 Å². The molecular weight excluding hydrogens is 454 g/mol.